The van der Waals surface area contributed by atoms with E-state index < -0.39 is 5.97 Å². The van der Waals surface area contributed by atoms with Crippen molar-refractivity contribution in [2.24, 2.45) is 0 Å². The van der Waals surface area contributed by atoms with Crippen molar-refractivity contribution < 1.29 is 9.90 Å². The molecule has 0 aliphatic rings. The van der Waals surface area contributed by atoms with E-state index in [4.69, 9.17) is 12.6 Å². The van der Waals surface area contributed by atoms with Crippen LogP contribution in [-0.2, 0) is 4.79 Å². The Morgan fingerprint density at radius 3 is 2.58 bits per heavy atom. The van der Waals surface area contributed by atoms with E-state index in [1.807, 2.05) is 0 Å². The molecular formula is C8H15BNO2. The molecule has 0 bridgehead atoms. The van der Waals surface area contributed by atoms with Crippen LogP contribution in [0, 0.1) is 0 Å². The maximum atomic E-state index is 10.1. The zero-order chi connectivity index (χ0) is 9.23. The Balaban J connectivity index is 2.90. The summed E-state index contributed by atoms with van der Waals surface area (Å²) in [6, 6.07) is 0. The van der Waals surface area contributed by atoms with E-state index in [1.165, 1.54) is 6.09 Å². The van der Waals surface area contributed by atoms with E-state index in [0.717, 1.165) is 32.2 Å². The van der Waals surface area contributed by atoms with Gasteiger partial charge in [-0.05, 0) is 0 Å². The zero-order valence-corrected chi connectivity index (χ0v) is 7.25. The fourth-order valence-electron chi connectivity index (χ4n) is 0.940. The van der Waals surface area contributed by atoms with Crippen molar-refractivity contribution >= 4 is 19.5 Å². The van der Waals surface area contributed by atoms with E-state index in [-0.39, 0.29) is 6.42 Å². The molecule has 0 spiro atoms. The molecule has 0 saturated carbocycles. The molecule has 2 N–H and O–H groups in total. The van der Waals surface area contributed by atoms with E-state index in [0.29, 0.717) is 0 Å². The van der Waals surface area contributed by atoms with Crippen LogP contribution in [0.4, 0.5) is 0 Å². The second-order valence-corrected chi connectivity index (χ2v) is 2.68. The molecule has 0 rings (SSSR count). The zero-order valence-electron chi connectivity index (χ0n) is 7.25. The first-order chi connectivity index (χ1) is 5.77. The molecule has 0 amide bonds. The van der Waals surface area contributed by atoms with Crippen LogP contribution in [0.5, 0.6) is 0 Å². The van der Waals surface area contributed by atoms with Crippen LogP contribution in [0.15, 0.2) is 0 Å². The van der Waals surface area contributed by atoms with Crippen molar-refractivity contribution in [3.8, 4) is 0 Å². The summed E-state index contributed by atoms with van der Waals surface area (Å²) in [5, 5.41) is 11.2. The average Bonchev–Trinajstić information content (AvgIpc) is 2.02. The van der Waals surface area contributed by atoms with Gasteiger partial charge in [0.25, 0.3) is 0 Å². The predicted molar refractivity (Wildman–Crippen MR) is 50.5 cm³/mol. The quantitative estimate of drug-likeness (QED) is 0.410. The summed E-state index contributed by atoms with van der Waals surface area (Å²) in [5.74, 6) is -0.705. The summed E-state index contributed by atoms with van der Waals surface area (Å²) in [4.78, 5) is 10.1. The second-order valence-electron chi connectivity index (χ2n) is 2.68. The maximum absolute atomic E-state index is 10.1. The molecule has 67 valence electrons. The molecule has 0 atom stereocenters. The molecule has 1 radical (unpaired) electrons. The molecule has 3 nitrogen and oxygen atoms in total. The van der Waals surface area contributed by atoms with Crippen LogP contribution in [0.2, 0.25) is 0 Å². The molecule has 0 aromatic heterocycles. The summed E-state index contributed by atoms with van der Waals surface area (Å²) in [6.45, 7) is 0.879. The SMILES string of the molecule is [B]=CNCCCCCCC(=O)O. The number of hydrogen-bond donors (Lipinski definition) is 2. The fraction of sp³-hybridized carbons (Fsp3) is 0.750. The van der Waals surface area contributed by atoms with Crippen molar-refractivity contribution in [1.29, 1.82) is 0 Å². The third kappa shape index (κ3) is 9.20. The van der Waals surface area contributed by atoms with Crippen LogP contribution >= 0.6 is 0 Å². The number of rotatable bonds is 8. The third-order valence-electron chi connectivity index (χ3n) is 1.58. The summed E-state index contributed by atoms with van der Waals surface area (Å²) >= 11 is 0. The number of carboxylic acids is 1. The molecular weight excluding hydrogens is 153 g/mol. The van der Waals surface area contributed by atoms with Gasteiger partial charge < -0.3 is 0 Å². The minimum absolute atomic E-state index is 0.288. The Morgan fingerprint density at radius 1 is 1.33 bits per heavy atom. The summed E-state index contributed by atoms with van der Waals surface area (Å²) in [5.41, 5.74) is 0. The van der Waals surface area contributed by atoms with Crippen molar-refractivity contribution in [2.75, 3.05) is 6.54 Å². The van der Waals surface area contributed by atoms with Crippen LogP contribution in [0.1, 0.15) is 32.1 Å². The number of carbonyl (C=O) groups is 1. The molecule has 4 heteroatoms. The molecule has 0 fully saturated rings. The molecule has 0 aromatic rings. The van der Waals surface area contributed by atoms with Gasteiger partial charge in [0.2, 0.25) is 0 Å². The van der Waals surface area contributed by atoms with Gasteiger partial charge in [0.15, 0.2) is 0 Å². The van der Waals surface area contributed by atoms with Gasteiger partial charge in [-0.2, -0.15) is 0 Å². The summed E-state index contributed by atoms with van der Waals surface area (Å²) in [7, 11) is 5.10. The van der Waals surface area contributed by atoms with Crippen LogP contribution in [0.25, 0.3) is 0 Å². The van der Waals surface area contributed by atoms with Crippen molar-refractivity contribution in [2.45, 2.75) is 32.1 Å². The molecule has 0 aliphatic heterocycles. The molecule has 0 aliphatic carbocycles. The van der Waals surface area contributed by atoms with Crippen molar-refractivity contribution in [1.82, 2.24) is 5.32 Å². The number of unbranched alkanes of at least 4 members (excludes halogenated alkanes) is 3. The van der Waals surface area contributed by atoms with E-state index in [2.05, 4.69) is 5.32 Å². The Bertz CT molecular complexity index is 139. The minimum atomic E-state index is -0.705. The monoisotopic (exact) mass is 168 g/mol. The first-order valence-electron chi connectivity index (χ1n) is 4.26. The van der Waals surface area contributed by atoms with Crippen molar-refractivity contribution in [3.63, 3.8) is 0 Å². The van der Waals surface area contributed by atoms with Crippen LogP contribution in [0.3, 0.4) is 0 Å². The number of hydrogen-bond acceptors (Lipinski definition) is 2. The van der Waals surface area contributed by atoms with Gasteiger partial charge in [-0.15, -0.1) is 0 Å². The first-order valence-corrected chi connectivity index (χ1v) is 4.26. The van der Waals surface area contributed by atoms with Crippen molar-refractivity contribution in [3.05, 3.63) is 0 Å². The first kappa shape index (κ1) is 11.2. The molecule has 0 heterocycles. The fourth-order valence-corrected chi connectivity index (χ4v) is 0.940. The summed E-state index contributed by atoms with van der Waals surface area (Å²) < 4.78 is 0. The number of nitrogens with one attached hydrogen (secondary N) is 1. The average molecular weight is 168 g/mol. The van der Waals surface area contributed by atoms with Gasteiger partial charge in [0.1, 0.15) is 0 Å². The molecule has 12 heavy (non-hydrogen) atoms. The van der Waals surface area contributed by atoms with Crippen LogP contribution < -0.4 is 5.32 Å². The van der Waals surface area contributed by atoms with Crippen LogP contribution in [-0.4, -0.2) is 31.2 Å². The Hall–Kier alpha value is -0.795. The normalized spacial score (nSPS) is 9.25. The Kier molecular flexibility index (Phi) is 7.75. The number of aliphatic carboxylic acids is 1. The van der Waals surface area contributed by atoms with Gasteiger partial charge >= 0.3 is 73.4 Å². The summed E-state index contributed by atoms with van der Waals surface area (Å²) in [6.07, 6.45) is 5.59. The van der Waals surface area contributed by atoms with Gasteiger partial charge in [-0.1, -0.05) is 0 Å². The third-order valence-corrected chi connectivity index (χ3v) is 1.58. The Labute approximate surface area is 74.2 Å². The van der Waals surface area contributed by atoms with Gasteiger partial charge in [-0.3, -0.25) is 0 Å². The van der Waals surface area contributed by atoms with E-state index in [9.17, 15) is 4.79 Å². The molecule has 0 unspecified atom stereocenters. The molecule has 0 aromatic carbocycles. The molecule has 0 saturated heterocycles. The second kappa shape index (κ2) is 8.30. The number of carboxylic acid groups (broad SMARTS) is 1. The van der Waals surface area contributed by atoms with Gasteiger partial charge in [0, 0.05) is 0 Å². The topological polar surface area (TPSA) is 49.3 Å². The Morgan fingerprint density at radius 2 is 2.00 bits per heavy atom. The van der Waals surface area contributed by atoms with Gasteiger partial charge in [0.05, 0.1) is 0 Å². The van der Waals surface area contributed by atoms with Gasteiger partial charge in [-0.25, -0.2) is 0 Å². The predicted octanol–water partition coefficient (Wildman–Crippen LogP) is 0.539. The standard InChI is InChI=1S/C8H15BNO2/c9-7-10-6-4-2-1-3-5-8(11)12/h7,10H,1-6H2,(H,11,12). The van der Waals surface area contributed by atoms with E-state index >= 15 is 0 Å². The van der Waals surface area contributed by atoms with E-state index in [1.54, 1.807) is 0 Å².